The van der Waals surface area contributed by atoms with Crippen LogP contribution in [0.3, 0.4) is 0 Å². The highest BCUT2D eigenvalue weighted by atomic mass is 19.1. The summed E-state index contributed by atoms with van der Waals surface area (Å²) in [7, 11) is 1.68. The monoisotopic (exact) mass is 277 g/mol. The van der Waals surface area contributed by atoms with E-state index < -0.39 is 0 Å². The van der Waals surface area contributed by atoms with Crippen LogP contribution in [0.1, 0.15) is 16.8 Å². The highest BCUT2D eigenvalue weighted by Gasteiger charge is 2.06. The van der Waals surface area contributed by atoms with Crippen molar-refractivity contribution >= 4 is 0 Å². The van der Waals surface area contributed by atoms with Crippen molar-refractivity contribution in [3.63, 3.8) is 0 Å². The number of halogens is 1. The van der Waals surface area contributed by atoms with Gasteiger partial charge in [0.1, 0.15) is 5.82 Å². The van der Waals surface area contributed by atoms with Crippen LogP contribution in [-0.4, -0.2) is 30.0 Å². The Morgan fingerprint density at radius 1 is 1.40 bits per heavy atom. The van der Waals surface area contributed by atoms with Crippen LogP contribution in [0.5, 0.6) is 0 Å². The first-order valence-corrected chi connectivity index (χ1v) is 6.66. The number of aromatic nitrogens is 2. The van der Waals surface area contributed by atoms with Gasteiger partial charge >= 0.3 is 0 Å². The maximum absolute atomic E-state index is 13.2. The van der Waals surface area contributed by atoms with Crippen LogP contribution in [0, 0.1) is 12.7 Å². The van der Waals surface area contributed by atoms with Gasteiger partial charge in [-0.3, -0.25) is 4.68 Å². The Morgan fingerprint density at radius 3 is 3.00 bits per heavy atom. The van der Waals surface area contributed by atoms with Gasteiger partial charge in [-0.2, -0.15) is 5.10 Å². The van der Waals surface area contributed by atoms with E-state index in [0.29, 0.717) is 13.2 Å². The van der Waals surface area contributed by atoms with E-state index in [4.69, 9.17) is 4.74 Å². The Kier molecular flexibility index (Phi) is 5.26. The van der Waals surface area contributed by atoms with E-state index in [1.165, 1.54) is 12.1 Å². The van der Waals surface area contributed by atoms with Crippen LogP contribution in [0.4, 0.5) is 4.39 Å². The largest absolute Gasteiger partial charge is 0.383 e. The van der Waals surface area contributed by atoms with E-state index in [-0.39, 0.29) is 5.82 Å². The summed E-state index contributed by atoms with van der Waals surface area (Å²) in [6, 6.07) is 6.61. The number of nitrogens with one attached hydrogen (secondary N) is 1. The summed E-state index contributed by atoms with van der Waals surface area (Å²) in [5.74, 6) is -0.214. The quantitative estimate of drug-likeness (QED) is 0.788. The molecule has 2 rings (SSSR count). The summed E-state index contributed by atoms with van der Waals surface area (Å²) in [6.45, 7) is 4.88. The molecule has 108 valence electrons. The van der Waals surface area contributed by atoms with Gasteiger partial charge in [0, 0.05) is 31.5 Å². The predicted molar refractivity (Wildman–Crippen MR) is 76.0 cm³/mol. The summed E-state index contributed by atoms with van der Waals surface area (Å²) in [4.78, 5) is 0. The first-order chi connectivity index (χ1) is 9.70. The zero-order valence-corrected chi connectivity index (χ0v) is 11.9. The molecule has 1 aromatic carbocycles. The Morgan fingerprint density at radius 2 is 2.25 bits per heavy atom. The van der Waals surface area contributed by atoms with Gasteiger partial charge in [0.15, 0.2) is 0 Å². The van der Waals surface area contributed by atoms with Gasteiger partial charge in [-0.05, 0) is 24.6 Å². The van der Waals surface area contributed by atoms with Crippen LogP contribution < -0.4 is 5.32 Å². The number of nitrogens with zero attached hydrogens (tertiary/aromatic N) is 2. The summed E-state index contributed by atoms with van der Waals surface area (Å²) in [5.41, 5.74) is 3.16. The van der Waals surface area contributed by atoms with Crippen LogP contribution in [0.2, 0.25) is 0 Å². The standard InChI is InChI=1S/C15H20FN3O/c1-12-14(9-17-6-7-20-2)10-18-19(12)11-13-4-3-5-15(16)8-13/h3-5,8,10,17H,6-7,9,11H2,1-2H3. The third-order valence-electron chi connectivity index (χ3n) is 3.22. The molecule has 0 saturated heterocycles. The third-order valence-corrected chi connectivity index (χ3v) is 3.22. The molecule has 0 aliphatic heterocycles. The molecule has 0 saturated carbocycles. The number of methoxy groups -OCH3 is 1. The summed E-state index contributed by atoms with van der Waals surface area (Å²) in [5, 5.41) is 7.65. The SMILES string of the molecule is COCCNCc1cnn(Cc2cccc(F)c2)c1C. The highest BCUT2D eigenvalue weighted by molar-refractivity contribution is 5.20. The second kappa shape index (κ2) is 7.17. The molecular formula is C15H20FN3O. The smallest absolute Gasteiger partial charge is 0.123 e. The Bertz CT molecular complexity index is 554. The molecule has 0 spiro atoms. The van der Waals surface area contributed by atoms with Gasteiger partial charge in [-0.15, -0.1) is 0 Å². The van der Waals surface area contributed by atoms with Crippen LogP contribution >= 0.6 is 0 Å². The lowest BCUT2D eigenvalue weighted by Crippen LogP contribution is -2.18. The minimum Gasteiger partial charge on any atom is -0.383 e. The Hall–Kier alpha value is -1.72. The average Bonchev–Trinajstić information content (AvgIpc) is 2.76. The lowest BCUT2D eigenvalue weighted by molar-refractivity contribution is 0.199. The zero-order chi connectivity index (χ0) is 14.4. The molecule has 1 aromatic heterocycles. The highest BCUT2D eigenvalue weighted by Crippen LogP contribution is 2.11. The summed E-state index contributed by atoms with van der Waals surface area (Å²) < 4.78 is 20.0. The molecular weight excluding hydrogens is 257 g/mol. The fourth-order valence-corrected chi connectivity index (χ4v) is 2.02. The molecule has 5 heteroatoms. The van der Waals surface area contributed by atoms with Crippen LogP contribution in [0.25, 0.3) is 0 Å². The molecule has 4 nitrogen and oxygen atoms in total. The number of hydrogen-bond donors (Lipinski definition) is 1. The van der Waals surface area contributed by atoms with Crippen molar-refractivity contribution < 1.29 is 9.13 Å². The van der Waals surface area contributed by atoms with Crippen molar-refractivity contribution in [1.82, 2.24) is 15.1 Å². The molecule has 1 heterocycles. The van der Waals surface area contributed by atoms with Gasteiger partial charge in [-0.1, -0.05) is 12.1 Å². The van der Waals surface area contributed by atoms with E-state index >= 15 is 0 Å². The molecule has 1 N–H and O–H groups in total. The first kappa shape index (κ1) is 14.7. The molecule has 0 amide bonds. The minimum absolute atomic E-state index is 0.214. The molecule has 0 bridgehead atoms. The lowest BCUT2D eigenvalue weighted by atomic mass is 10.2. The van der Waals surface area contributed by atoms with Crippen LogP contribution in [-0.2, 0) is 17.8 Å². The van der Waals surface area contributed by atoms with Crippen molar-refractivity contribution in [2.75, 3.05) is 20.3 Å². The van der Waals surface area contributed by atoms with Gasteiger partial charge in [0.05, 0.1) is 19.3 Å². The van der Waals surface area contributed by atoms with Crippen molar-refractivity contribution in [3.05, 3.63) is 53.1 Å². The molecule has 2 aromatic rings. The maximum Gasteiger partial charge on any atom is 0.123 e. The fourth-order valence-electron chi connectivity index (χ4n) is 2.02. The summed E-state index contributed by atoms with van der Waals surface area (Å²) >= 11 is 0. The van der Waals surface area contributed by atoms with Gasteiger partial charge in [-0.25, -0.2) is 4.39 Å². The Labute approximate surface area is 118 Å². The van der Waals surface area contributed by atoms with E-state index in [0.717, 1.165) is 29.9 Å². The molecule has 0 atom stereocenters. The minimum atomic E-state index is -0.214. The van der Waals surface area contributed by atoms with Crippen molar-refractivity contribution in [1.29, 1.82) is 0 Å². The van der Waals surface area contributed by atoms with Crippen molar-refractivity contribution in [3.8, 4) is 0 Å². The second-order valence-electron chi connectivity index (χ2n) is 4.71. The molecule has 0 aliphatic rings. The van der Waals surface area contributed by atoms with Gasteiger partial charge < -0.3 is 10.1 Å². The third kappa shape index (κ3) is 3.88. The Balaban J connectivity index is 1.98. The second-order valence-corrected chi connectivity index (χ2v) is 4.71. The zero-order valence-electron chi connectivity index (χ0n) is 11.9. The number of benzene rings is 1. The predicted octanol–water partition coefficient (Wildman–Crippen LogP) is 2.11. The van der Waals surface area contributed by atoms with Crippen LogP contribution in [0.15, 0.2) is 30.5 Å². The topological polar surface area (TPSA) is 39.1 Å². The van der Waals surface area contributed by atoms with E-state index in [2.05, 4.69) is 10.4 Å². The molecule has 0 fully saturated rings. The van der Waals surface area contributed by atoms with E-state index in [9.17, 15) is 4.39 Å². The summed E-state index contributed by atoms with van der Waals surface area (Å²) in [6.07, 6.45) is 1.86. The van der Waals surface area contributed by atoms with E-state index in [1.54, 1.807) is 13.2 Å². The molecule has 0 unspecified atom stereocenters. The molecule has 0 radical (unpaired) electrons. The van der Waals surface area contributed by atoms with Gasteiger partial charge in [0.25, 0.3) is 0 Å². The normalized spacial score (nSPS) is 10.9. The first-order valence-electron chi connectivity index (χ1n) is 6.66. The average molecular weight is 277 g/mol. The number of ether oxygens (including phenoxy) is 1. The van der Waals surface area contributed by atoms with Crippen molar-refractivity contribution in [2.24, 2.45) is 0 Å². The van der Waals surface area contributed by atoms with Crippen molar-refractivity contribution in [2.45, 2.75) is 20.0 Å². The fraction of sp³-hybridized carbons (Fsp3) is 0.400. The van der Waals surface area contributed by atoms with E-state index in [1.807, 2.05) is 23.9 Å². The lowest BCUT2D eigenvalue weighted by Gasteiger charge is -2.07. The van der Waals surface area contributed by atoms with Gasteiger partial charge in [0.2, 0.25) is 0 Å². The molecule has 20 heavy (non-hydrogen) atoms. The maximum atomic E-state index is 13.2. The number of rotatable bonds is 7. The molecule has 0 aliphatic carbocycles. The number of hydrogen-bond acceptors (Lipinski definition) is 3.